The molecule has 0 radical (unpaired) electrons. The van der Waals surface area contributed by atoms with E-state index in [9.17, 15) is 9.18 Å². The highest BCUT2D eigenvalue weighted by atomic mass is 19.1. The third-order valence-corrected chi connectivity index (χ3v) is 5.54. The summed E-state index contributed by atoms with van der Waals surface area (Å²) in [6, 6.07) is 12.6. The van der Waals surface area contributed by atoms with E-state index in [-0.39, 0.29) is 23.6 Å². The second-order valence-electron chi connectivity index (χ2n) is 7.36. The molecule has 3 heterocycles. The SMILES string of the molecule is O=c1[nH]c2cccnc2n1[C@H]1CC[C@H](Nc2ccc3ccc(F)cc3n2)CC1. The molecule has 3 aromatic heterocycles. The van der Waals surface area contributed by atoms with Crippen molar-refractivity contribution in [2.24, 2.45) is 0 Å². The van der Waals surface area contributed by atoms with Crippen molar-refractivity contribution >= 4 is 27.9 Å². The standard InChI is InChI=1S/C21H20FN5O/c22-14-5-3-13-4-10-19(25-18(13)12-14)24-15-6-8-16(9-7-15)27-20-17(26-21(27)28)2-1-11-23-20/h1-5,10-12,15-16H,6-9H2,(H,24,25)(H,26,28)/t15-,16-. The molecule has 28 heavy (non-hydrogen) atoms. The molecule has 0 saturated heterocycles. The molecule has 7 heteroatoms. The Hall–Kier alpha value is -3.22. The first-order valence-corrected chi connectivity index (χ1v) is 9.55. The molecule has 0 spiro atoms. The van der Waals surface area contributed by atoms with Gasteiger partial charge in [0, 0.05) is 29.7 Å². The summed E-state index contributed by atoms with van der Waals surface area (Å²) in [6.07, 6.45) is 5.36. The molecule has 0 aliphatic heterocycles. The zero-order chi connectivity index (χ0) is 19.1. The fourth-order valence-electron chi connectivity index (χ4n) is 4.16. The highest BCUT2D eigenvalue weighted by Gasteiger charge is 2.25. The lowest BCUT2D eigenvalue weighted by Gasteiger charge is -2.30. The number of rotatable bonds is 3. The van der Waals surface area contributed by atoms with Crippen molar-refractivity contribution in [3.05, 3.63) is 65.0 Å². The smallest absolute Gasteiger partial charge is 0.327 e. The maximum Gasteiger partial charge on any atom is 0.327 e. The number of aromatic amines is 1. The third kappa shape index (κ3) is 3.02. The van der Waals surface area contributed by atoms with Crippen molar-refractivity contribution in [3.63, 3.8) is 0 Å². The molecular formula is C21H20FN5O. The normalized spacial score (nSPS) is 19.9. The van der Waals surface area contributed by atoms with Gasteiger partial charge in [0.2, 0.25) is 0 Å². The van der Waals surface area contributed by atoms with E-state index in [0.717, 1.165) is 48.1 Å². The molecule has 1 fully saturated rings. The van der Waals surface area contributed by atoms with Gasteiger partial charge in [0.25, 0.3) is 0 Å². The van der Waals surface area contributed by atoms with E-state index < -0.39 is 0 Å². The number of nitrogens with zero attached hydrogens (tertiary/aromatic N) is 3. The van der Waals surface area contributed by atoms with E-state index in [0.29, 0.717) is 5.52 Å². The number of H-pyrrole nitrogens is 1. The Labute approximate surface area is 160 Å². The predicted octanol–water partition coefficient (Wildman–Crippen LogP) is 4.01. The topological polar surface area (TPSA) is 75.6 Å². The van der Waals surface area contributed by atoms with E-state index in [4.69, 9.17) is 0 Å². The Kier molecular flexibility index (Phi) is 4.07. The van der Waals surface area contributed by atoms with Crippen LogP contribution < -0.4 is 11.0 Å². The van der Waals surface area contributed by atoms with E-state index in [1.165, 1.54) is 12.1 Å². The summed E-state index contributed by atoms with van der Waals surface area (Å²) < 4.78 is 15.2. The van der Waals surface area contributed by atoms with Gasteiger partial charge in [-0.15, -0.1) is 0 Å². The van der Waals surface area contributed by atoms with Crippen LogP contribution in [0.3, 0.4) is 0 Å². The summed E-state index contributed by atoms with van der Waals surface area (Å²) >= 11 is 0. The van der Waals surface area contributed by atoms with Gasteiger partial charge in [0.15, 0.2) is 5.65 Å². The number of nitrogens with one attached hydrogen (secondary N) is 2. The average Bonchev–Trinajstić information content (AvgIpc) is 3.04. The molecule has 0 bridgehead atoms. The van der Waals surface area contributed by atoms with E-state index >= 15 is 0 Å². The van der Waals surface area contributed by atoms with Gasteiger partial charge >= 0.3 is 5.69 Å². The van der Waals surface area contributed by atoms with Crippen LogP contribution in [0.4, 0.5) is 10.2 Å². The van der Waals surface area contributed by atoms with Crippen LogP contribution in [0.25, 0.3) is 22.1 Å². The van der Waals surface area contributed by atoms with Crippen molar-refractivity contribution < 1.29 is 4.39 Å². The van der Waals surface area contributed by atoms with Crippen LogP contribution in [-0.2, 0) is 0 Å². The molecule has 2 N–H and O–H groups in total. The zero-order valence-corrected chi connectivity index (χ0v) is 15.2. The van der Waals surface area contributed by atoms with Crippen LogP contribution in [0, 0.1) is 5.82 Å². The molecule has 1 aromatic carbocycles. The molecule has 5 rings (SSSR count). The number of benzene rings is 1. The number of hydrogen-bond acceptors (Lipinski definition) is 4. The summed E-state index contributed by atoms with van der Waals surface area (Å²) in [5, 5.41) is 4.38. The third-order valence-electron chi connectivity index (χ3n) is 5.54. The van der Waals surface area contributed by atoms with Gasteiger partial charge in [-0.2, -0.15) is 0 Å². The van der Waals surface area contributed by atoms with Gasteiger partial charge in [-0.05, 0) is 62.1 Å². The molecule has 0 atom stereocenters. The van der Waals surface area contributed by atoms with E-state index in [1.807, 2.05) is 24.3 Å². The number of hydrogen-bond donors (Lipinski definition) is 2. The fourth-order valence-corrected chi connectivity index (χ4v) is 4.16. The number of aromatic nitrogens is 4. The lowest BCUT2D eigenvalue weighted by Crippen LogP contribution is -2.31. The number of imidazole rings is 1. The molecule has 4 aromatic rings. The minimum absolute atomic E-state index is 0.0941. The van der Waals surface area contributed by atoms with Crippen molar-refractivity contribution in [2.45, 2.75) is 37.8 Å². The Balaban J connectivity index is 1.31. The van der Waals surface area contributed by atoms with Crippen LogP contribution in [0.15, 0.2) is 53.5 Å². The predicted molar refractivity (Wildman–Crippen MR) is 107 cm³/mol. The van der Waals surface area contributed by atoms with Gasteiger partial charge in [0.1, 0.15) is 11.6 Å². The lowest BCUT2D eigenvalue weighted by atomic mass is 9.91. The van der Waals surface area contributed by atoms with Crippen LogP contribution in [0.5, 0.6) is 0 Å². The Morgan fingerprint density at radius 2 is 1.93 bits per heavy atom. The van der Waals surface area contributed by atoms with Crippen LogP contribution in [0.1, 0.15) is 31.7 Å². The Morgan fingerprint density at radius 1 is 1.11 bits per heavy atom. The second-order valence-corrected chi connectivity index (χ2v) is 7.36. The minimum Gasteiger partial charge on any atom is -0.367 e. The number of fused-ring (bicyclic) bond motifs is 2. The van der Waals surface area contributed by atoms with Crippen LogP contribution in [-0.4, -0.2) is 25.6 Å². The van der Waals surface area contributed by atoms with E-state index in [1.54, 1.807) is 16.8 Å². The first-order valence-electron chi connectivity index (χ1n) is 9.55. The summed E-state index contributed by atoms with van der Waals surface area (Å²) in [6.45, 7) is 0. The van der Waals surface area contributed by atoms with Crippen molar-refractivity contribution in [1.82, 2.24) is 19.5 Å². The van der Waals surface area contributed by atoms with Crippen molar-refractivity contribution in [3.8, 4) is 0 Å². The molecule has 0 unspecified atom stereocenters. The largest absolute Gasteiger partial charge is 0.367 e. The molecule has 1 aliphatic carbocycles. The van der Waals surface area contributed by atoms with Gasteiger partial charge < -0.3 is 10.3 Å². The first kappa shape index (κ1) is 16.9. The van der Waals surface area contributed by atoms with E-state index in [2.05, 4.69) is 20.3 Å². The van der Waals surface area contributed by atoms with Crippen LogP contribution >= 0.6 is 0 Å². The number of pyridine rings is 2. The molecule has 142 valence electrons. The first-order chi connectivity index (χ1) is 13.7. The minimum atomic E-state index is -0.282. The van der Waals surface area contributed by atoms with Crippen molar-refractivity contribution in [1.29, 1.82) is 0 Å². The Bertz CT molecular complexity index is 1210. The fraction of sp³-hybridized carbons (Fsp3) is 0.286. The summed E-state index contributed by atoms with van der Waals surface area (Å²) in [5.41, 5.74) is 2.06. The highest BCUT2D eigenvalue weighted by Crippen LogP contribution is 2.31. The zero-order valence-electron chi connectivity index (χ0n) is 15.2. The number of halogens is 1. The van der Waals surface area contributed by atoms with Gasteiger partial charge in [-0.1, -0.05) is 0 Å². The van der Waals surface area contributed by atoms with Gasteiger partial charge in [0.05, 0.1) is 11.0 Å². The quantitative estimate of drug-likeness (QED) is 0.566. The van der Waals surface area contributed by atoms with Gasteiger partial charge in [-0.25, -0.2) is 19.2 Å². The second kappa shape index (κ2) is 6.74. The monoisotopic (exact) mass is 377 g/mol. The van der Waals surface area contributed by atoms with Gasteiger partial charge in [-0.3, -0.25) is 4.57 Å². The maximum absolute atomic E-state index is 13.5. The molecule has 1 aliphatic rings. The summed E-state index contributed by atoms with van der Waals surface area (Å²) in [7, 11) is 0. The van der Waals surface area contributed by atoms with Crippen molar-refractivity contribution in [2.75, 3.05) is 5.32 Å². The summed E-state index contributed by atoms with van der Waals surface area (Å²) in [5.74, 6) is 0.475. The molecule has 0 amide bonds. The Morgan fingerprint density at radius 3 is 2.79 bits per heavy atom. The molecule has 1 saturated carbocycles. The maximum atomic E-state index is 13.5. The average molecular weight is 377 g/mol. The lowest BCUT2D eigenvalue weighted by molar-refractivity contribution is 0.333. The highest BCUT2D eigenvalue weighted by molar-refractivity contribution is 5.80. The summed E-state index contributed by atoms with van der Waals surface area (Å²) in [4.78, 5) is 24.2. The molecule has 6 nitrogen and oxygen atoms in total. The number of anilines is 1. The van der Waals surface area contributed by atoms with Crippen LogP contribution in [0.2, 0.25) is 0 Å². The molecular weight excluding hydrogens is 357 g/mol.